The zero-order valence-electron chi connectivity index (χ0n) is 6.20. The van der Waals surface area contributed by atoms with Crippen LogP contribution < -0.4 is 18.9 Å². The van der Waals surface area contributed by atoms with E-state index in [4.69, 9.17) is 9.66 Å². The van der Waals surface area contributed by atoms with Crippen LogP contribution in [0.3, 0.4) is 0 Å². The van der Waals surface area contributed by atoms with Gasteiger partial charge < -0.3 is 6.53 Å². The summed E-state index contributed by atoms with van der Waals surface area (Å²) in [5.74, 6) is -0.437. The maximum Gasteiger partial charge on any atom is 1.00 e. The molecule has 50 valence electrons. The van der Waals surface area contributed by atoms with Crippen molar-refractivity contribution in [2.45, 2.75) is 6.92 Å². The predicted octanol–water partition coefficient (Wildman–Crippen LogP) is -2.59. The van der Waals surface area contributed by atoms with Crippen molar-refractivity contribution in [2.75, 3.05) is 0 Å². The number of allylic oxidation sites excluding steroid dienone is 1. The van der Waals surface area contributed by atoms with E-state index in [0.29, 0.717) is 5.41 Å². The molecule has 0 aliphatic rings. The minimum absolute atomic E-state index is 0. The molecule has 0 saturated heterocycles. The van der Waals surface area contributed by atoms with Gasteiger partial charge in [-0.3, -0.25) is 4.55 Å². The van der Waals surface area contributed by atoms with Gasteiger partial charge in [-0.25, -0.2) is 0 Å². The van der Waals surface area contributed by atoms with Crippen LogP contribution in [0.1, 0.15) is 8.35 Å². The van der Waals surface area contributed by atoms with Crippen molar-refractivity contribution in [3.8, 4) is 0 Å². The molecule has 0 rings (SSSR count). The van der Waals surface area contributed by atoms with E-state index in [-0.39, 0.29) is 20.3 Å². The minimum Gasteiger partial charge on any atom is -1.00 e. The summed E-state index contributed by atoms with van der Waals surface area (Å²) in [6.45, 7) is 1.15. The predicted molar refractivity (Wildman–Crippen MR) is 29.0 cm³/mol. The molecule has 0 radical (unpaired) electrons. The molecule has 0 aliphatic heterocycles. The molecule has 0 aromatic carbocycles. The van der Waals surface area contributed by atoms with Crippen LogP contribution in [0.15, 0.2) is 11.2 Å². The third kappa shape index (κ3) is 11.6. The Bertz CT molecular complexity index is 193. The Labute approximate surface area is 67.0 Å². The monoisotopic (exact) mass is 146 g/mol. The maximum atomic E-state index is 9.76. The molecule has 0 fully saturated rings. The molecule has 4 nitrogen and oxygen atoms in total. The van der Waals surface area contributed by atoms with Gasteiger partial charge in [-0.05, 0) is 6.92 Å². The molecule has 0 bridgehead atoms. The number of aliphatic hydroxyl groups excluding tert-OH is 1. The second-order valence-electron chi connectivity index (χ2n) is 1.27. The van der Waals surface area contributed by atoms with Crippen LogP contribution in [0.4, 0.5) is 0 Å². The molecule has 0 aromatic rings. The first-order chi connectivity index (χ1) is 3.42. The van der Waals surface area contributed by atoms with Gasteiger partial charge in [0, 0.05) is 0 Å². The van der Waals surface area contributed by atoms with Gasteiger partial charge in [-0.2, -0.15) is 8.42 Å². The molecule has 0 saturated carbocycles. The summed E-state index contributed by atoms with van der Waals surface area (Å²) in [6, 6.07) is 0. The SMILES string of the molecule is CC(O)=CS(=O)(=O)O.[H-].[Li+]. The van der Waals surface area contributed by atoms with E-state index in [1.54, 1.807) is 0 Å². The first-order valence-electron chi connectivity index (χ1n) is 1.76. The second kappa shape index (κ2) is 3.96. The summed E-state index contributed by atoms with van der Waals surface area (Å²) in [5.41, 5.74) is 0. The van der Waals surface area contributed by atoms with Gasteiger partial charge in [0.1, 0.15) is 5.76 Å². The van der Waals surface area contributed by atoms with Crippen molar-refractivity contribution in [3.05, 3.63) is 11.2 Å². The fraction of sp³-hybridized carbons (Fsp3) is 0.333. The average Bonchev–Trinajstić information content (AvgIpc) is 1.21. The van der Waals surface area contributed by atoms with Crippen molar-refractivity contribution in [2.24, 2.45) is 0 Å². The van der Waals surface area contributed by atoms with E-state index in [1.807, 2.05) is 0 Å². The summed E-state index contributed by atoms with van der Waals surface area (Å²) < 4.78 is 27.4. The number of rotatable bonds is 1. The molecular formula is C3H7LiO4S. The van der Waals surface area contributed by atoms with Crippen LogP contribution in [0, 0.1) is 0 Å². The summed E-state index contributed by atoms with van der Waals surface area (Å²) in [5, 5.41) is 8.56. The molecule has 9 heavy (non-hydrogen) atoms. The standard InChI is InChI=1S/C3H6O4S.Li.H/c1-3(4)2-8(5,6)7;;/h2,4H,1H3,(H,5,6,7);;/q;+1;-1. The molecule has 0 aromatic heterocycles. The Balaban J connectivity index is -0.000000245. The summed E-state index contributed by atoms with van der Waals surface area (Å²) >= 11 is 0. The molecule has 0 aliphatic carbocycles. The van der Waals surface area contributed by atoms with Crippen LogP contribution in [0.2, 0.25) is 0 Å². The van der Waals surface area contributed by atoms with E-state index >= 15 is 0 Å². The largest absolute Gasteiger partial charge is 1.00 e. The molecule has 0 amide bonds. The number of hydrogen-bond acceptors (Lipinski definition) is 3. The van der Waals surface area contributed by atoms with E-state index in [0.717, 1.165) is 6.92 Å². The smallest absolute Gasteiger partial charge is 1.00 e. The number of aliphatic hydroxyl groups is 1. The summed E-state index contributed by atoms with van der Waals surface area (Å²) in [7, 11) is -4.14. The molecule has 6 heteroatoms. The summed E-state index contributed by atoms with van der Waals surface area (Å²) in [4.78, 5) is 0. The second-order valence-corrected chi connectivity index (χ2v) is 2.54. The Morgan fingerprint density at radius 2 is 2.00 bits per heavy atom. The van der Waals surface area contributed by atoms with Crippen molar-refractivity contribution in [3.63, 3.8) is 0 Å². The van der Waals surface area contributed by atoms with E-state index < -0.39 is 15.9 Å². The fourth-order valence-electron chi connectivity index (χ4n) is 0.216. The first kappa shape index (κ1) is 11.8. The van der Waals surface area contributed by atoms with E-state index in [2.05, 4.69) is 0 Å². The Morgan fingerprint density at radius 1 is 1.67 bits per heavy atom. The summed E-state index contributed by atoms with van der Waals surface area (Å²) in [6.07, 6.45) is 0. The Morgan fingerprint density at radius 3 is 2.00 bits per heavy atom. The Kier molecular flexibility index (Phi) is 5.19. The molecule has 2 N–H and O–H groups in total. The van der Waals surface area contributed by atoms with Crippen LogP contribution >= 0.6 is 0 Å². The fourth-order valence-corrected chi connectivity index (χ4v) is 0.647. The minimum atomic E-state index is -4.14. The van der Waals surface area contributed by atoms with Gasteiger partial charge in [-0.15, -0.1) is 0 Å². The normalized spacial score (nSPS) is 12.4. The topological polar surface area (TPSA) is 74.6 Å². The van der Waals surface area contributed by atoms with Gasteiger partial charge in [0.15, 0.2) is 0 Å². The van der Waals surface area contributed by atoms with Gasteiger partial charge in [0.05, 0.1) is 5.41 Å². The van der Waals surface area contributed by atoms with Crippen LogP contribution in [0.25, 0.3) is 0 Å². The zero-order chi connectivity index (χ0) is 6.78. The van der Waals surface area contributed by atoms with E-state index in [1.165, 1.54) is 0 Å². The van der Waals surface area contributed by atoms with Crippen molar-refractivity contribution < 1.29 is 38.4 Å². The van der Waals surface area contributed by atoms with Crippen molar-refractivity contribution in [1.29, 1.82) is 0 Å². The molecular weight excluding hydrogens is 139 g/mol. The van der Waals surface area contributed by atoms with Crippen LogP contribution in [-0.2, 0) is 10.1 Å². The average molecular weight is 146 g/mol. The molecule has 0 spiro atoms. The van der Waals surface area contributed by atoms with Crippen molar-refractivity contribution >= 4 is 10.1 Å². The van der Waals surface area contributed by atoms with Gasteiger partial charge >= 0.3 is 18.9 Å². The van der Waals surface area contributed by atoms with Gasteiger partial charge in [-0.1, -0.05) is 0 Å². The third-order valence-electron chi connectivity index (χ3n) is 0.319. The van der Waals surface area contributed by atoms with Gasteiger partial charge in [0.2, 0.25) is 0 Å². The Hall–Kier alpha value is 0.0474. The van der Waals surface area contributed by atoms with Gasteiger partial charge in [0.25, 0.3) is 10.1 Å². The quantitative estimate of drug-likeness (QED) is 0.242. The molecule has 0 unspecified atom stereocenters. The van der Waals surface area contributed by atoms with Crippen LogP contribution in [0.5, 0.6) is 0 Å². The number of hydrogen-bond donors (Lipinski definition) is 2. The molecule has 0 atom stereocenters. The zero-order valence-corrected chi connectivity index (χ0v) is 6.01. The van der Waals surface area contributed by atoms with Crippen molar-refractivity contribution in [1.82, 2.24) is 0 Å². The first-order valence-corrected chi connectivity index (χ1v) is 3.27. The maximum absolute atomic E-state index is 9.76. The third-order valence-corrected chi connectivity index (χ3v) is 0.958. The molecule has 0 heterocycles. The van der Waals surface area contributed by atoms with Crippen LogP contribution in [-0.4, -0.2) is 18.1 Å². The van der Waals surface area contributed by atoms with E-state index in [9.17, 15) is 8.42 Å².